The molecule has 0 bridgehead atoms. The quantitative estimate of drug-likeness (QED) is 0.267. The number of rotatable bonds is 14. The number of aliphatic hydroxyl groups is 1. The van der Waals surface area contributed by atoms with Gasteiger partial charge in [-0.05, 0) is 25.8 Å². The summed E-state index contributed by atoms with van der Waals surface area (Å²) in [6.07, 6.45) is 21.2. The third-order valence-corrected chi connectivity index (χ3v) is 3.75. The zero-order valence-electron chi connectivity index (χ0n) is 13.4. The molecular weight excluding hydrogens is 232 g/mol. The highest BCUT2D eigenvalue weighted by molar-refractivity contribution is 4.85. The Balaban J connectivity index is 2.97. The Morgan fingerprint density at radius 2 is 1.05 bits per heavy atom. The van der Waals surface area contributed by atoms with Crippen molar-refractivity contribution in [1.29, 1.82) is 0 Å². The van der Waals surface area contributed by atoms with Crippen molar-refractivity contribution in [1.82, 2.24) is 0 Å². The smallest absolute Gasteiger partial charge is 0.0851 e. The van der Waals surface area contributed by atoms with E-state index in [4.69, 9.17) is 5.11 Å². The molecule has 0 atom stereocenters. The molecular formula is C18H36O. The summed E-state index contributed by atoms with van der Waals surface area (Å²) >= 11 is 0. The molecule has 0 rings (SSSR count). The van der Waals surface area contributed by atoms with Gasteiger partial charge in [0.1, 0.15) is 0 Å². The van der Waals surface area contributed by atoms with Crippen molar-refractivity contribution in [2.24, 2.45) is 0 Å². The predicted octanol–water partition coefficient (Wildman–Crippen LogP) is 6.93. The fourth-order valence-electron chi connectivity index (χ4n) is 2.47. The first kappa shape index (κ1) is 18.5. The van der Waals surface area contributed by atoms with Gasteiger partial charge in [-0.25, -0.2) is 0 Å². The van der Waals surface area contributed by atoms with Gasteiger partial charge in [-0.3, -0.25) is 0 Å². The van der Waals surface area contributed by atoms with Crippen molar-refractivity contribution < 1.29 is 5.11 Å². The van der Waals surface area contributed by atoms with Crippen LogP contribution in [0.4, 0.5) is 0 Å². The highest BCUT2D eigenvalue weighted by Gasteiger charge is 1.93. The molecule has 0 saturated carbocycles. The molecule has 0 radical (unpaired) electrons. The van der Waals surface area contributed by atoms with Crippen LogP contribution in [0, 0.1) is 0 Å². The summed E-state index contributed by atoms with van der Waals surface area (Å²) in [5.74, 6) is 0.471. The molecule has 114 valence electrons. The topological polar surface area (TPSA) is 20.2 Å². The number of aliphatic hydroxyl groups excluding tert-OH is 1. The van der Waals surface area contributed by atoms with Gasteiger partial charge >= 0.3 is 0 Å². The maximum atomic E-state index is 9.00. The van der Waals surface area contributed by atoms with Gasteiger partial charge in [0.15, 0.2) is 0 Å². The lowest BCUT2D eigenvalue weighted by atomic mass is 10.0. The Bertz CT molecular complexity index is 192. The van der Waals surface area contributed by atoms with E-state index in [9.17, 15) is 0 Å². The average Bonchev–Trinajstić information content (AvgIpc) is 2.39. The molecule has 0 aromatic heterocycles. The third kappa shape index (κ3) is 17.5. The maximum absolute atomic E-state index is 9.00. The minimum atomic E-state index is 0.471. The van der Waals surface area contributed by atoms with Gasteiger partial charge in [0.05, 0.1) is 5.76 Å². The lowest BCUT2D eigenvalue weighted by Gasteiger charge is -2.02. The van der Waals surface area contributed by atoms with E-state index < -0.39 is 0 Å². The minimum absolute atomic E-state index is 0.471. The SMILES string of the molecule is CCCCCCCCCCCCCCC/C=C(\C)O. The van der Waals surface area contributed by atoms with Gasteiger partial charge in [-0.1, -0.05) is 84.0 Å². The van der Waals surface area contributed by atoms with Crippen LogP contribution in [0.3, 0.4) is 0 Å². The van der Waals surface area contributed by atoms with Crippen LogP contribution in [0.25, 0.3) is 0 Å². The zero-order valence-corrected chi connectivity index (χ0v) is 13.4. The first-order valence-electron chi connectivity index (χ1n) is 8.63. The fourth-order valence-corrected chi connectivity index (χ4v) is 2.47. The summed E-state index contributed by atoms with van der Waals surface area (Å²) in [4.78, 5) is 0. The van der Waals surface area contributed by atoms with Gasteiger partial charge in [0, 0.05) is 0 Å². The molecule has 1 heteroatoms. The predicted molar refractivity (Wildman–Crippen MR) is 86.7 cm³/mol. The number of allylic oxidation sites excluding steroid dienone is 2. The summed E-state index contributed by atoms with van der Waals surface area (Å²) in [5.41, 5.74) is 0. The van der Waals surface area contributed by atoms with Gasteiger partial charge in [0.2, 0.25) is 0 Å². The Kier molecular flexibility index (Phi) is 15.2. The molecule has 1 N–H and O–H groups in total. The Morgan fingerprint density at radius 3 is 1.42 bits per heavy atom. The van der Waals surface area contributed by atoms with E-state index in [1.807, 2.05) is 6.08 Å². The van der Waals surface area contributed by atoms with Crippen molar-refractivity contribution in [2.45, 2.75) is 104 Å². The molecule has 0 aromatic carbocycles. The second kappa shape index (κ2) is 15.6. The monoisotopic (exact) mass is 268 g/mol. The summed E-state index contributed by atoms with van der Waals surface area (Å²) in [5, 5.41) is 9.00. The van der Waals surface area contributed by atoms with Crippen LogP contribution in [-0.2, 0) is 0 Å². The molecule has 0 saturated heterocycles. The van der Waals surface area contributed by atoms with Crippen molar-refractivity contribution in [3.8, 4) is 0 Å². The van der Waals surface area contributed by atoms with Gasteiger partial charge < -0.3 is 5.11 Å². The Morgan fingerprint density at radius 1 is 0.684 bits per heavy atom. The van der Waals surface area contributed by atoms with Crippen molar-refractivity contribution in [3.05, 3.63) is 11.8 Å². The lowest BCUT2D eigenvalue weighted by molar-refractivity contribution is 0.410. The maximum Gasteiger partial charge on any atom is 0.0851 e. The van der Waals surface area contributed by atoms with Gasteiger partial charge in [0.25, 0.3) is 0 Å². The van der Waals surface area contributed by atoms with Gasteiger partial charge in [-0.15, -0.1) is 0 Å². The first-order chi connectivity index (χ1) is 9.27. The van der Waals surface area contributed by atoms with E-state index in [1.165, 1.54) is 83.5 Å². The zero-order chi connectivity index (χ0) is 14.2. The standard InChI is InChI=1S/C18H36O/c1-3-4-5-6-7-8-9-10-11-12-13-14-15-16-17-18(2)19/h17,19H,3-16H2,1-2H3/b18-17+. The molecule has 19 heavy (non-hydrogen) atoms. The first-order valence-corrected chi connectivity index (χ1v) is 8.63. The molecule has 0 spiro atoms. The van der Waals surface area contributed by atoms with E-state index in [-0.39, 0.29) is 0 Å². The van der Waals surface area contributed by atoms with E-state index >= 15 is 0 Å². The molecule has 0 amide bonds. The largest absolute Gasteiger partial charge is 0.513 e. The summed E-state index contributed by atoms with van der Waals surface area (Å²) in [6.45, 7) is 4.03. The van der Waals surface area contributed by atoms with Gasteiger partial charge in [-0.2, -0.15) is 0 Å². The molecule has 0 heterocycles. The molecule has 0 aliphatic rings. The molecule has 0 aromatic rings. The second-order valence-electron chi connectivity index (χ2n) is 5.88. The average molecular weight is 268 g/mol. The van der Waals surface area contributed by atoms with Crippen LogP contribution in [0.1, 0.15) is 104 Å². The van der Waals surface area contributed by atoms with Crippen LogP contribution in [0.15, 0.2) is 11.8 Å². The number of unbranched alkanes of at least 4 members (excludes halogenated alkanes) is 13. The van der Waals surface area contributed by atoms with E-state index in [0.717, 1.165) is 6.42 Å². The molecule has 0 unspecified atom stereocenters. The summed E-state index contributed by atoms with van der Waals surface area (Å²) in [6, 6.07) is 0. The fraction of sp³-hybridized carbons (Fsp3) is 0.889. The molecule has 0 aliphatic heterocycles. The lowest BCUT2D eigenvalue weighted by Crippen LogP contribution is -1.83. The Hall–Kier alpha value is -0.460. The summed E-state index contributed by atoms with van der Waals surface area (Å²) in [7, 11) is 0. The second-order valence-corrected chi connectivity index (χ2v) is 5.88. The highest BCUT2D eigenvalue weighted by atomic mass is 16.3. The third-order valence-electron chi connectivity index (χ3n) is 3.75. The van der Waals surface area contributed by atoms with Crippen molar-refractivity contribution in [3.63, 3.8) is 0 Å². The summed E-state index contributed by atoms with van der Waals surface area (Å²) < 4.78 is 0. The van der Waals surface area contributed by atoms with E-state index in [0.29, 0.717) is 5.76 Å². The minimum Gasteiger partial charge on any atom is -0.513 e. The molecule has 1 nitrogen and oxygen atoms in total. The number of hydrogen-bond donors (Lipinski definition) is 1. The number of hydrogen-bond acceptors (Lipinski definition) is 1. The van der Waals surface area contributed by atoms with Crippen molar-refractivity contribution in [2.75, 3.05) is 0 Å². The van der Waals surface area contributed by atoms with E-state index in [1.54, 1.807) is 6.92 Å². The highest BCUT2D eigenvalue weighted by Crippen LogP contribution is 2.13. The Labute approximate surface area is 121 Å². The van der Waals surface area contributed by atoms with E-state index in [2.05, 4.69) is 6.92 Å². The molecule has 0 aliphatic carbocycles. The van der Waals surface area contributed by atoms with Crippen LogP contribution in [0.5, 0.6) is 0 Å². The normalized spacial score (nSPS) is 12.0. The van der Waals surface area contributed by atoms with Crippen LogP contribution in [-0.4, -0.2) is 5.11 Å². The van der Waals surface area contributed by atoms with Crippen LogP contribution >= 0.6 is 0 Å². The van der Waals surface area contributed by atoms with Crippen LogP contribution in [0.2, 0.25) is 0 Å². The molecule has 0 fully saturated rings. The van der Waals surface area contributed by atoms with Crippen molar-refractivity contribution >= 4 is 0 Å². The van der Waals surface area contributed by atoms with Crippen LogP contribution < -0.4 is 0 Å².